The highest BCUT2D eigenvalue weighted by molar-refractivity contribution is 8.26. The van der Waals surface area contributed by atoms with Crippen molar-refractivity contribution in [3.05, 3.63) is 40.5 Å². The van der Waals surface area contributed by atoms with Crippen molar-refractivity contribution in [3.63, 3.8) is 0 Å². The van der Waals surface area contributed by atoms with E-state index >= 15 is 0 Å². The van der Waals surface area contributed by atoms with E-state index in [0.717, 1.165) is 80.0 Å². The van der Waals surface area contributed by atoms with Gasteiger partial charge in [0, 0.05) is 49.9 Å². The van der Waals surface area contributed by atoms with Crippen LogP contribution in [0.2, 0.25) is 0 Å². The van der Waals surface area contributed by atoms with Crippen LogP contribution in [0.4, 0.5) is 0 Å². The number of methoxy groups -OCH3 is 2. The number of nitrogens with one attached hydrogen (secondary N) is 1. The fourth-order valence-electron chi connectivity index (χ4n) is 8.45. The largest absolute Gasteiger partial charge is 0.497 e. The van der Waals surface area contributed by atoms with Crippen LogP contribution in [0, 0.1) is 23.7 Å². The Hall–Kier alpha value is -2.04. The van der Waals surface area contributed by atoms with Crippen molar-refractivity contribution in [2.75, 3.05) is 46.9 Å². The number of amides is 1. The molecule has 6 aliphatic rings. The molecule has 2 aromatic rings. The molecule has 6 fully saturated rings. The summed E-state index contributed by atoms with van der Waals surface area (Å²) in [6, 6.07) is 8.17. The summed E-state index contributed by atoms with van der Waals surface area (Å²) in [5, 5.41) is 3.43. The van der Waals surface area contributed by atoms with E-state index in [2.05, 4.69) is 16.3 Å². The van der Waals surface area contributed by atoms with E-state index in [0.29, 0.717) is 32.6 Å². The van der Waals surface area contributed by atoms with Crippen molar-refractivity contribution in [2.24, 2.45) is 23.7 Å². The summed E-state index contributed by atoms with van der Waals surface area (Å²) in [7, 11) is 3.30. The Labute approximate surface area is 270 Å². The van der Waals surface area contributed by atoms with Crippen molar-refractivity contribution < 1.29 is 18.7 Å². The molecule has 0 spiro atoms. The lowest BCUT2D eigenvalue weighted by molar-refractivity contribution is -0.130. The average molecular weight is 644 g/mol. The summed E-state index contributed by atoms with van der Waals surface area (Å²) in [6.07, 6.45) is 10.3. The molecule has 7 nitrogen and oxygen atoms in total. The third-order valence-electron chi connectivity index (χ3n) is 10.2. The number of carbonyl (C=O) groups excluding carboxylic acids is 1. The zero-order chi connectivity index (χ0) is 28.8. The summed E-state index contributed by atoms with van der Waals surface area (Å²) in [5.41, 5.74) is 2.00. The number of furan rings is 1. The predicted octanol–water partition coefficient (Wildman–Crippen LogP) is 6.25. The molecule has 1 aromatic heterocycles. The van der Waals surface area contributed by atoms with Crippen molar-refractivity contribution in [1.82, 2.24) is 15.1 Å². The van der Waals surface area contributed by atoms with Crippen LogP contribution in [0.15, 0.2) is 33.6 Å². The van der Waals surface area contributed by atoms with Gasteiger partial charge in [0.2, 0.25) is 0 Å². The zero-order valence-electron chi connectivity index (χ0n) is 25.0. The molecule has 4 saturated carbocycles. The van der Waals surface area contributed by atoms with Crippen LogP contribution < -0.4 is 14.8 Å². The van der Waals surface area contributed by atoms with Crippen LogP contribution in [0.5, 0.6) is 11.5 Å². The molecule has 43 heavy (non-hydrogen) atoms. The van der Waals surface area contributed by atoms with Gasteiger partial charge in [-0.1, -0.05) is 24.0 Å². The maximum absolute atomic E-state index is 14.0. The second-order valence-electron chi connectivity index (χ2n) is 12.8. The average Bonchev–Trinajstić information content (AvgIpc) is 3.52. The highest BCUT2D eigenvalue weighted by Gasteiger charge is 2.53. The molecule has 0 atom stereocenters. The minimum absolute atomic E-state index is 0. The van der Waals surface area contributed by atoms with Crippen molar-refractivity contribution >= 4 is 52.7 Å². The number of carbonyl (C=O) groups is 1. The van der Waals surface area contributed by atoms with Gasteiger partial charge in [-0.15, -0.1) is 12.4 Å². The first-order valence-corrected chi connectivity index (χ1v) is 16.8. The van der Waals surface area contributed by atoms with Crippen LogP contribution in [0.1, 0.15) is 49.8 Å². The normalized spacial score (nSPS) is 29.4. The smallest absolute Gasteiger partial charge is 0.266 e. The lowest BCUT2D eigenvalue weighted by Crippen LogP contribution is -2.57. The van der Waals surface area contributed by atoms with Crippen LogP contribution in [0.3, 0.4) is 0 Å². The second-order valence-corrected chi connectivity index (χ2v) is 14.4. The number of halogens is 1. The minimum atomic E-state index is 0. The lowest BCUT2D eigenvalue weighted by Gasteiger charge is -2.56. The zero-order valence-corrected chi connectivity index (χ0v) is 27.5. The van der Waals surface area contributed by atoms with Crippen LogP contribution in [-0.2, 0) is 11.2 Å². The van der Waals surface area contributed by atoms with Gasteiger partial charge in [0.1, 0.15) is 27.3 Å². The van der Waals surface area contributed by atoms with Crippen molar-refractivity contribution in [1.29, 1.82) is 0 Å². The van der Waals surface area contributed by atoms with Gasteiger partial charge in [-0.3, -0.25) is 9.69 Å². The number of benzene rings is 1. The Morgan fingerprint density at radius 3 is 2.28 bits per heavy atom. The van der Waals surface area contributed by atoms with Gasteiger partial charge in [-0.2, -0.15) is 0 Å². The maximum Gasteiger partial charge on any atom is 0.266 e. The topological polar surface area (TPSA) is 67.2 Å². The molecule has 3 heterocycles. The molecule has 2 aliphatic heterocycles. The highest BCUT2D eigenvalue weighted by atomic mass is 35.5. The molecular weight excluding hydrogens is 602 g/mol. The van der Waals surface area contributed by atoms with E-state index in [9.17, 15) is 4.79 Å². The van der Waals surface area contributed by atoms with E-state index in [-0.39, 0.29) is 24.4 Å². The van der Waals surface area contributed by atoms with Gasteiger partial charge in [0.25, 0.3) is 5.91 Å². The number of hydrogen-bond donors (Lipinski definition) is 1. The molecule has 1 N–H and O–H groups in total. The number of nitrogens with zero attached hydrogens (tertiary/aromatic N) is 2. The Kier molecular flexibility index (Phi) is 9.46. The molecule has 4 bridgehead atoms. The number of ether oxygens (including phenoxy) is 2. The van der Waals surface area contributed by atoms with Gasteiger partial charge in [0.05, 0.1) is 19.1 Å². The standard InChI is InChI=1S/C33H41N3O4S2.ClH/c1-38-26-15-23(16-27(18-26)39-2)28-17-22(4-3-7-35-8-5-34-6-9-35)29(40-28)19-30-32(37)36(33(41)42-30)31-24-11-20-10-21(13-24)14-25(31)12-20;/h15-21,24-25,31,34H,3-14H2,1-2H3;1H/b30-19+;. The number of thioether (sulfide) groups is 1. The number of thiocarbonyl (C=S) groups is 1. The molecule has 1 aromatic carbocycles. The SMILES string of the molecule is COc1cc(OC)cc(-c2cc(CCCN3CCNCC3)c(/C=C3/SC(=S)N(C4C5CC6CC(C5)CC4C6)C3=O)o2)c1.Cl. The van der Waals surface area contributed by atoms with Gasteiger partial charge in [-0.25, -0.2) is 0 Å². The molecule has 1 amide bonds. The van der Waals surface area contributed by atoms with E-state index in [1.807, 2.05) is 29.2 Å². The lowest BCUT2D eigenvalue weighted by atomic mass is 9.54. The van der Waals surface area contributed by atoms with Crippen LogP contribution >= 0.6 is 36.4 Å². The van der Waals surface area contributed by atoms with Gasteiger partial charge >= 0.3 is 0 Å². The van der Waals surface area contributed by atoms with E-state index in [1.54, 1.807) is 14.2 Å². The Morgan fingerprint density at radius 2 is 1.65 bits per heavy atom. The summed E-state index contributed by atoms with van der Waals surface area (Å²) in [5.74, 6) is 5.89. The molecule has 4 aliphatic carbocycles. The summed E-state index contributed by atoms with van der Waals surface area (Å²) in [4.78, 5) is 19.2. The summed E-state index contributed by atoms with van der Waals surface area (Å²) >= 11 is 7.33. The molecule has 8 rings (SSSR count). The van der Waals surface area contributed by atoms with E-state index < -0.39 is 0 Å². The molecule has 0 unspecified atom stereocenters. The first kappa shape index (κ1) is 31.0. The molecule has 232 valence electrons. The second kappa shape index (κ2) is 13.1. The van der Waals surface area contributed by atoms with Gasteiger partial charge in [-0.05, 0) is 98.9 Å². The first-order chi connectivity index (χ1) is 20.5. The Morgan fingerprint density at radius 1 is 1.00 bits per heavy atom. The van der Waals surface area contributed by atoms with E-state index in [1.165, 1.54) is 43.9 Å². The minimum Gasteiger partial charge on any atom is -0.497 e. The Balaban J connectivity index is 0.00000329. The van der Waals surface area contributed by atoms with Crippen molar-refractivity contribution in [3.8, 4) is 22.8 Å². The number of hydrogen-bond acceptors (Lipinski definition) is 8. The van der Waals surface area contributed by atoms with Gasteiger partial charge < -0.3 is 24.1 Å². The fourth-order valence-corrected chi connectivity index (χ4v) is 9.77. The Bertz CT molecular complexity index is 1340. The van der Waals surface area contributed by atoms with Crippen molar-refractivity contribution in [2.45, 2.75) is 51.0 Å². The molecule has 2 saturated heterocycles. The summed E-state index contributed by atoms with van der Waals surface area (Å²) in [6.45, 7) is 5.30. The third-order valence-corrected chi connectivity index (χ3v) is 11.5. The predicted molar refractivity (Wildman–Crippen MR) is 178 cm³/mol. The monoisotopic (exact) mass is 643 g/mol. The fraction of sp³-hybridized carbons (Fsp3) is 0.576. The summed E-state index contributed by atoms with van der Waals surface area (Å²) < 4.78 is 18.3. The quantitative estimate of drug-likeness (QED) is 0.254. The number of piperazine rings is 1. The van der Waals surface area contributed by atoms with Crippen LogP contribution in [0.25, 0.3) is 17.4 Å². The maximum atomic E-state index is 14.0. The van der Waals surface area contributed by atoms with Gasteiger partial charge in [0.15, 0.2) is 0 Å². The molecule has 10 heteroatoms. The van der Waals surface area contributed by atoms with E-state index in [4.69, 9.17) is 26.1 Å². The third kappa shape index (κ3) is 6.25. The molecule has 0 radical (unpaired) electrons. The molecular formula is C33H42ClN3O4S2. The highest BCUT2D eigenvalue weighted by Crippen LogP contribution is 2.56. The van der Waals surface area contributed by atoms with Crippen LogP contribution in [-0.4, -0.2) is 73.0 Å². The number of rotatable bonds is 9. The number of aryl methyl sites for hydroxylation is 1. The first-order valence-electron chi connectivity index (χ1n) is 15.6.